The summed E-state index contributed by atoms with van der Waals surface area (Å²) in [7, 11) is 0. The molecule has 32 heavy (non-hydrogen) atoms. The summed E-state index contributed by atoms with van der Waals surface area (Å²) in [5.74, 6) is 0.294. The van der Waals surface area contributed by atoms with E-state index in [9.17, 15) is 4.79 Å². The zero-order chi connectivity index (χ0) is 22.2. The van der Waals surface area contributed by atoms with Crippen LogP contribution >= 0.6 is 0 Å². The average molecular weight is 438 g/mol. The molecule has 4 heterocycles. The predicted molar refractivity (Wildman–Crippen MR) is 119 cm³/mol. The van der Waals surface area contributed by atoms with Crippen LogP contribution in [0.5, 0.6) is 5.88 Å². The first kappa shape index (κ1) is 20.3. The van der Waals surface area contributed by atoms with Crippen LogP contribution in [0, 0.1) is 12.7 Å². The number of hydrogen-bond donors (Lipinski definition) is 4. The van der Waals surface area contributed by atoms with Gasteiger partial charge in [-0.05, 0) is 36.4 Å². The van der Waals surface area contributed by atoms with Gasteiger partial charge in [-0.1, -0.05) is 0 Å². The normalized spacial score (nSPS) is 17.4. The number of ether oxygens (including phenoxy) is 2. The number of halogens is 1. The first-order chi connectivity index (χ1) is 15.5. The van der Waals surface area contributed by atoms with Gasteiger partial charge < -0.3 is 25.8 Å². The molecule has 0 bridgehead atoms. The number of benzene rings is 1. The fraction of sp³-hybridized carbons (Fsp3) is 0.318. The molecule has 2 amide bonds. The number of nitrogens with zero attached hydrogens (tertiary/aromatic N) is 2. The van der Waals surface area contributed by atoms with Gasteiger partial charge in [0.25, 0.3) is 0 Å². The molecule has 2 aliphatic rings. The van der Waals surface area contributed by atoms with E-state index in [1.807, 2.05) is 6.92 Å². The maximum Gasteiger partial charge on any atom is 0.320 e. The average Bonchev–Trinajstić information content (AvgIpc) is 3.30. The molecule has 1 saturated heterocycles. The van der Waals surface area contributed by atoms with Crippen molar-refractivity contribution in [3.8, 4) is 17.0 Å². The number of pyridine rings is 2. The number of aromatic nitrogens is 2. The van der Waals surface area contributed by atoms with Crippen molar-refractivity contribution < 1.29 is 18.7 Å². The maximum absolute atomic E-state index is 15.2. The Kier molecular flexibility index (Phi) is 5.14. The van der Waals surface area contributed by atoms with Crippen LogP contribution in [0.2, 0.25) is 0 Å². The van der Waals surface area contributed by atoms with Crippen molar-refractivity contribution in [2.75, 3.05) is 42.7 Å². The SMILES string of the molecule is Cc1c(-c2cc3cc(NC(=O)N[C@H]4CCOC4)ncc3c(N)c2F)cnc2c1NCCO2. The third kappa shape index (κ3) is 3.62. The number of carbonyl (C=O) groups is 1. The summed E-state index contributed by atoms with van der Waals surface area (Å²) < 4.78 is 26.1. The van der Waals surface area contributed by atoms with E-state index >= 15 is 4.39 Å². The third-order valence-corrected chi connectivity index (χ3v) is 5.74. The Morgan fingerprint density at radius 1 is 1.25 bits per heavy atom. The molecule has 166 valence electrons. The van der Waals surface area contributed by atoms with E-state index in [2.05, 4.69) is 25.9 Å². The number of urea groups is 1. The van der Waals surface area contributed by atoms with E-state index in [-0.39, 0.29) is 17.8 Å². The zero-order valence-electron chi connectivity index (χ0n) is 17.5. The summed E-state index contributed by atoms with van der Waals surface area (Å²) in [6.45, 7) is 4.18. The topological polar surface area (TPSA) is 123 Å². The highest BCUT2D eigenvalue weighted by molar-refractivity contribution is 6.00. The van der Waals surface area contributed by atoms with Gasteiger partial charge in [-0.15, -0.1) is 0 Å². The first-order valence-corrected chi connectivity index (χ1v) is 10.4. The second-order valence-corrected chi connectivity index (χ2v) is 7.85. The maximum atomic E-state index is 15.2. The number of nitrogen functional groups attached to an aromatic ring is 1. The Hall–Kier alpha value is -3.66. The van der Waals surface area contributed by atoms with Crippen LogP contribution < -0.4 is 26.4 Å². The lowest BCUT2D eigenvalue weighted by molar-refractivity contribution is 0.189. The molecule has 5 N–H and O–H groups in total. The Bertz CT molecular complexity index is 1210. The Morgan fingerprint density at radius 3 is 2.94 bits per heavy atom. The number of fused-ring (bicyclic) bond motifs is 2. The molecule has 3 aromatic rings. The summed E-state index contributed by atoms with van der Waals surface area (Å²) in [4.78, 5) is 20.8. The van der Waals surface area contributed by atoms with Crippen molar-refractivity contribution in [2.24, 2.45) is 0 Å². The molecule has 0 unspecified atom stereocenters. The number of carbonyl (C=O) groups excluding carboxylic acids is 1. The number of rotatable bonds is 3. The predicted octanol–water partition coefficient (Wildman–Crippen LogP) is 3.04. The third-order valence-electron chi connectivity index (χ3n) is 5.74. The van der Waals surface area contributed by atoms with Gasteiger partial charge in [0.05, 0.1) is 18.3 Å². The van der Waals surface area contributed by atoms with Crippen LogP contribution in [-0.2, 0) is 4.74 Å². The van der Waals surface area contributed by atoms with Crippen molar-refractivity contribution in [3.05, 3.63) is 35.9 Å². The molecule has 9 nitrogen and oxygen atoms in total. The van der Waals surface area contributed by atoms with E-state index in [0.29, 0.717) is 60.0 Å². The van der Waals surface area contributed by atoms with Crippen LogP contribution in [0.3, 0.4) is 0 Å². The summed E-state index contributed by atoms with van der Waals surface area (Å²) in [5.41, 5.74) is 8.60. The van der Waals surface area contributed by atoms with Gasteiger partial charge in [0.15, 0.2) is 5.82 Å². The van der Waals surface area contributed by atoms with Gasteiger partial charge in [0.2, 0.25) is 5.88 Å². The quantitative estimate of drug-likeness (QED) is 0.464. The first-order valence-electron chi connectivity index (χ1n) is 10.4. The van der Waals surface area contributed by atoms with Gasteiger partial charge in [0.1, 0.15) is 18.1 Å². The minimum absolute atomic E-state index is 0.00886. The van der Waals surface area contributed by atoms with Crippen LogP contribution in [0.4, 0.5) is 26.4 Å². The molecule has 5 rings (SSSR count). The highest BCUT2D eigenvalue weighted by Crippen LogP contribution is 2.39. The molecule has 0 aliphatic carbocycles. The van der Waals surface area contributed by atoms with Crippen molar-refractivity contribution in [3.63, 3.8) is 0 Å². The number of nitrogens with one attached hydrogen (secondary N) is 3. The lowest BCUT2D eigenvalue weighted by Crippen LogP contribution is -2.38. The second kappa shape index (κ2) is 8.12. The lowest BCUT2D eigenvalue weighted by Gasteiger charge is -2.22. The molecule has 2 aliphatic heterocycles. The monoisotopic (exact) mass is 438 g/mol. The molecule has 1 aromatic carbocycles. The summed E-state index contributed by atoms with van der Waals surface area (Å²) >= 11 is 0. The van der Waals surface area contributed by atoms with Crippen molar-refractivity contribution in [1.29, 1.82) is 0 Å². The van der Waals surface area contributed by atoms with Crippen LogP contribution in [0.25, 0.3) is 21.9 Å². The molecule has 1 fully saturated rings. The van der Waals surface area contributed by atoms with Crippen molar-refractivity contribution >= 4 is 34.0 Å². The van der Waals surface area contributed by atoms with Gasteiger partial charge in [-0.25, -0.2) is 19.2 Å². The van der Waals surface area contributed by atoms with Crippen LogP contribution in [-0.4, -0.2) is 48.4 Å². The highest BCUT2D eigenvalue weighted by Gasteiger charge is 2.22. The largest absolute Gasteiger partial charge is 0.474 e. The number of amides is 2. The Balaban J connectivity index is 1.50. The summed E-state index contributed by atoms with van der Waals surface area (Å²) in [6, 6.07) is 2.96. The van der Waals surface area contributed by atoms with E-state index in [4.69, 9.17) is 15.2 Å². The fourth-order valence-corrected chi connectivity index (χ4v) is 4.04. The van der Waals surface area contributed by atoms with Crippen LogP contribution in [0.15, 0.2) is 24.5 Å². The minimum atomic E-state index is -0.541. The summed E-state index contributed by atoms with van der Waals surface area (Å²) in [6.07, 6.45) is 3.81. The van der Waals surface area contributed by atoms with Gasteiger partial charge in [0, 0.05) is 42.1 Å². The van der Waals surface area contributed by atoms with Crippen molar-refractivity contribution in [2.45, 2.75) is 19.4 Å². The molecule has 0 spiro atoms. The fourth-order valence-electron chi connectivity index (χ4n) is 4.04. The molecule has 1 atom stereocenters. The number of anilines is 3. The molecule has 0 saturated carbocycles. The number of hydrogen-bond acceptors (Lipinski definition) is 7. The highest BCUT2D eigenvalue weighted by atomic mass is 19.1. The van der Waals surface area contributed by atoms with E-state index < -0.39 is 5.82 Å². The Morgan fingerprint density at radius 2 is 2.12 bits per heavy atom. The smallest absolute Gasteiger partial charge is 0.320 e. The minimum Gasteiger partial charge on any atom is -0.474 e. The molecular weight excluding hydrogens is 415 g/mol. The van der Waals surface area contributed by atoms with E-state index in [1.165, 1.54) is 6.20 Å². The molecular formula is C22H23FN6O3. The van der Waals surface area contributed by atoms with Gasteiger partial charge >= 0.3 is 6.03 Å². The lowest BCUT2D eigenvalue weighted by atomic mass is 9.97. The molecule has 2 aromatic heterocycles. The Labute approximate surface area is 183 Å². The van der Waals surface area contributed by atoms with E-state index in [0.717, 1.165) is 17.7 Å². The van der Waals surface area contributed by atoms with Gasteiger partial charge in [-0.2, -0.15) is 0 Å². The van der Waals surface area contributed by atoms with E-state index in [1.54, 1.807) is 18.3 Å². The zero-order valence-corrected chi connectivity index (χ0v) is 17.5. The summed E-state index contributed by atoms with van der Waals surface area (Å²) in [5, 5.41) is 9.93. The molecule has 10 heteroatoms. The van der Waals surface area contributed by atoms with Crippen LogP contribution in [0.1, 0.15) is 12.0 Å². The second-order valence-electron chi connectivity index (χ2n) is 7.85. The standard InChI is InChI=1S/C22H23FN6O3/c1-11-15(8-27-21-20(11)25-3-5-32-21)14-6-12-7-17(26-9-16(12)19(24)18(14)23)29-22(30)28-13-2-4-31-10-13/h6-9,13,25H,2-5,10,24H2,1H3,(H2,26,28,29,30)/t13-/m0/s1. The van der Waals surface area contributed by atoms with Gasteiger partial charge in [-0.3, -0.25) is 5.32 Å². The molecule has 0 radical (unpaired) electrons. The van der Waals surface area contributed by atoms with Crippen molar-refractivity contribution in [1.82, 2.24) is 15.3 Å². The number of nitrogens with two attached hydrogens (primary N) is 1.